The number of benzene rings is 1. The molecule has 0 radical (unpaired) electrons. The molecule has 0 aliphatic heterocycles. The highest BCUT2D eigenvalue weighted by Gasteiger charge is 2.11. The molecule has 2 aromatic rings. The Labute approximate surface area is 101 Å². The number of aryl methyl sites for hydroxylation is 1. The van der Waals surface area contributed by atoms with Crippen LogP contribution in [0.2, 0.25) is 0 Å². The van der Waals surface area contributed by atoms with Gasteiger partial charge in [-0.3, -0.25) is 4.79 Å². The van der Waals surface area contributed by atoms with Gasteiger partial charge in [-0.2, -0.15) is 0 Å². The van der Waals surface area contributed by atoms with Crippen molar-refractivity contribution in [2.45, 2.75) is 26.3 Å². The zero-order valence-electron chi connectivity index (χ0n) is 10.3. The Hall–Kier alpha value is -1.77. The molecule has 0 saturated carbocycles. The van der Waals surface area contributed by atoms with E-state index in [9.17, 15) is 4.79 Å². The molecule has 0 atom stereocenters. The van der Waals surface area contributed by atoms with Gasteiger partial charge in [0.25, 0.3) is 0 Å². The molecule has 0 aliphatic rings. The van der Waals surface area contributed by atoms with E-state index in [-0.39, 0.29) is 0 Å². The highest BCUT2D eigenvalue weighted by atomic mass is 16.5. The minimum Gasteiger partial charge on any atom is -0.496 e. The van der Waals surface area contributed by atoms with Gasteiger partial charge in [0.1, 0.15) is 5.75 Å². The summed E-state index contributed by atoms with van der Waals surface area (Å²) in [6.45, 7) is 3.10. The van der Waals surface area contributed by atoms with Crippen LogP contribution in [0.3, 0.4) is 0 Å². The molecule has 1 aromatic carbocycles. The molecule has 0 bridgehead atoms. The number of nitrogens with zero attached hydrogens (tertiary/aromatic N) is 1. The van der Waals surface area contributed by atoms with Crippen LogP contribution in [0, 0.1) is 0 Å². The van der Waals surface area contributed by atoms with Crippen molar-refractivity contribution in [3.8, 4) is 5.75 Å². The standard InChI is InChI=1S/C14H17NO2/c1-3-4-8-15-9-11(10-16)14-12(15)6-5-7-13(14)17-2/h5-7,9-10H,3-4,8H2,1-2H3. The van der Waals surface area contributed by atoms with Crippen molar-refractivity contribution in [1.82, 2.24) is 4.57 Å². The molecule has 1 heterocycles. The Morgan fingerprint density at radius 1 is 1.41 bits per heavy atom. The molecule has 0 amide bonds. The molecular formula is C14H17NO2. The zero-order chi connectivity index (χ0) is 12.3. The second kappa shape index (κ2) is 5.04. The van der Waals surface area contributed by atoms with Crippen molar-refractivity contribution >= 4 is 17.2 Å². The second-order valence-electron chi connectivity index (χ2n) is 4.10. The van der Waals surface area contributed by atoms with Gasteiger partial charge in [-0.05, 0) is 18.6 Å². The average molecular weight is 231 g/mol. The maximum atomic E-state index is 11.1. The van der Waals surface area contributed by atoms with Gasteiger partial charge in [-0.1, -0.05) is 19.4 Å². The van der Waals surface area contributed by atoms with Gasteiger partial charge in [0.15, 0.2) is 6.29 Å². The second-order valence-corrected chi connectivity index (χ2v) is 4.10. The molecule has 3 nitrogen and oxygen atoms in total. The summed E-state index contributed by atoms with van der Waals surface area (Å²) in [5, 5.41) is 0.918. The average Bonchev–Trinajstić information content (AvgIpc) is 2.74. The van der Waals surface area contributed by atoms with E-state index in [2.05, 4.69) is 11.5 Å². The van der Waals surface area contributed by atoms with Crippen LogP contribution in [-0.4, -0.2) is 18.0 Å². The smallest absolute Gasteiger partial charge is 0.152 e. The topological polar surface area (TPSA) is 31.2 Å². The largest absolute Gasteiger partial charge is 0.496 e. The van der Waals surface area contributed by atoms with Crippen LogP contribution in [0.15, 0.2) is 24.4 Å². The van der Waals surface area contributed by atoms with Crippen LogP contribution < -0.4 is 4.74 Å². The molecular weight excluding hydrogens is 214 g/mol. The van der Waals surface area contributed by atoms with Gasteiger partial charge in [0.05, 0.1) is 18.0 Å². The van der Waals surface area contributed by atoms with Crippen molar-refractivity contribution in [2.24, 2.45) is 0 Å². The van der Waals surface area contributed by atoms with Gasteiger partial charge in [0, 0.05) is 18.3 Å². The lowest BCUT2D eigenvalue weighted by molar-refractivity contribution is 0.112. The summed E-state index contributed by atoms with van der Waals surface area (Å²) in [5.41, 5.74) is 1.77. The van der Waals surface area contributed by atoms with Crippen molar-refractivity contribution in [1.29, 1.82) is 0 Å². The molecule has 17 heavy (non-hydrogen) atoms. The molecule has 0 N–H and O–H groups in total. The first kappa shape index (κ1) is 11.7. The summed E-state index contributed by atoms with van der Waals surface area (Å²) in [4.78, 5) is 11.1. The van der Waals surface area contributed by atoms with Crippen LogP contribution in [0.5, 0.6) is 5.75 Å². The van der Waals surface area contributed by atoms with E-state index in [1.165, 1.54) is 0 Å². The molecule has 1 aromatic heterocycles. The van der Waals surface area contributed by atoms with Gasteiger partial charge in [-0.15, -0.1) is 0 Å². The monoisotopic (exact) mass is 231 g/mol. The molecule has 0 unspecified atom stereocenters. The fourth-order valence-electron chi connectivity index (χ4n) is 2.12. The number of carbonyl (C=O) groups is 1. The van der Waals surface area contributed by atoms with Gasteiger partial charge >= 0.3 is 0 Å². The van der Waals surface area contributed by atoms with Gasteiger partial charge < -0.3 is 9.30 Å². The third-order valence-corrected chi connectivity index (χ3v) is 3.00. The highest BCUT2D eigenvalue weighted by Crippen LogP contribution is 2.29. The van der Waals surface area contributed by atoms with E-state index < -0.39 is 0 Å². The Morgan fingerprint density at radius 2 is 2.24 bits per heavy atom. The Balaban J connectivity index is 2.59. The van der Waals surface area contributed by atoms with E-state index in [1.54, 1.807) is 7.11 Å². The number of ether oxygens (including phenoxy) is 1. The summed E-state index contributed by atoms with van der Waals surface area (Å²) in [5.74, 6) is 0.764. The van der Waals surface area contributed by atoms with Gasteiger partial charge in [0.2, 0.25) is 0 Å². The number of aromatic nitrogens is 1. The Bertz CT molecular complexity index is 528. The summed E-state index contributed by atoms with van der Waals surface area (Å²) < 4.78 is 7.45. The van der Waals surface area contributed by atoms with E-state index in [0.717, 1.165) is 42.3 Å². The number of aldehydes is 1. The molecule has 0 aliphatic carbocycles. The minimum absolute atomic E-state index is 0.702. The third-order valence-electron chi connectivity index (χ3n) is 3.00. The van der Waals surface area contributed by atoms with E-state index >= 15 is 0 Å². The summed E-state index contributed by atoms with van der Waals surface area (Å²) in [6, 6.07) is 5.87. The summed E-state index contributed by atoms with van der Waals surface area (Å²) >= 11 is 0. The number of unbranched alkanes of at least 4 members (excludes halogenated alkanes) is 1. The lowest BCUT2D eigenvalue weighted by atomic mass is 10.1. The van der Waals surface area contributed by atoms with Crippen LogP contribution in [0.1, 0.15) is 30.1 Å². The predicted molar refractivity (Wildman–Crippen MR) is 68.8 cm³/mol. The van der Waals surface area contributed by atoms with Crippen LogP contribution in [0.4, 0.5) is 0 Å². The maximum absolute atomic E-state index is 11.1. The third kappa shape index (κ3) is 2.05. The lowest BCUT2D eigenvalue weighted by Crippen LogP contribution is -1.95. The number of carbonyl (C=O) groups excluding carboxylic acids is 1. The van der Waals surface area contributed by atoms with Crippen LogP contribution in [-0.2, 0) is 6.54 Å². The molecule has 90 valence electrons. The first-order valence-corrected chi connectivity index (χ1v) is 5.92. The van der Waals surface area contributed by atoms with E-state index in [0.29, 0.717) is 5.56 Å². The minimum atomic E-state index is 0.702. The fourth-order valence-corrected chi connectivity index (χ4v) is 2.12. The molecule has 0 spiro atoms. The maximum Gasteiger partial charge on any atom is 0.152 e. The molecule has 0 fully saturated rings. The van der Waals surface area contributed by atoms with Crippen LogP contribution >= 0.6 is 0 Å². The zero-order valence-corrected chi connectivity index (χ0v) is 10.3. The molecule has 0 saturated heterocycles. The Kier molecular flexibility index (Phi) is 3.47. The molecule has 2 rings (SSSR count). The number of fused-ring (bicyclic) bond motifs is 1. The summed E-state index contributed by atoms with van der Waals surface area (Å²) in [7, 11) is 1.63. The molecule has 3 heteroatoms. The SMILES string of the molecule is CCCCn1cc(C=O)c2c(OC)cccc21. The first-order chi connectivity index (χ1) is 8.31. The van der Waals surface area contributed by atoms with Crippen molar-refractivity contribution in [3.63, 3.8) is 0 Å². The fraction of sp³-hybridized carbons (Fsp3) is 0.357. The number of hydrogen-bond acceptors (Lipinski definition) is 2. The van der Waals surface area contributed by atoms with Crippen molar-refractivity contribution in [3.05, 3.63) is 30.0 Å². The first-order valence-electron chi connectivity index (χ1n) is 5.92. The lowest BCUT2D eigenvalue weighted by Gasteiger charge is -2.05. The highest BCUT2D eigenvalue weighted by molar-refractivity contribution is 6.01. The van der Waals surface area contributed by atoms with Crippen molar-refractivity contribution in [2.75, 3.05) is 7.11 Å². The van der Waals surface area contributed by atoms with E-state index in [1.807, 2.05) is 24.4 Å². The van der Waals surface area contributed by atoms with Gasteiger partial charge in [-0.25, -0.2) is 0 Å². The van der Waals surface area contributed by atoms with Crippen molar-refractivity contribution < 1.29 is 9.53 Å². The van der Waals surface area contributed by atoms with E-state index in [4.69, 9.17) is 4.74 Å². The number of methoxy groups -OCH3 is 1. The quantitative estimate of drug-likeness (QED) is 0.739. The normalized spacial score (nSPS) is 10.7. The van der Waals surface area contributed by atoms with Crippen LogP contribution in [0.25, 0.3) is 10.9 Å². The predicted octanol–water partition coefficient (Wildman–Crippen LogP) is 3.26. The Morgan fingerprint density at radius 3 is 2.88 bits per heavy atom. The summed E-state index contributed by atoms with van der Waals surface area (Å²) in [6.07, 6.45) is 5.06. The number of rotatable bonds is 5. The number of hydrogen-bond donors (Lipinski definition) is 0.